The summed E-state index contributed by atoms with van der Waals surface area (Å²) in [6.45, 7) is 3.76. The van der Waals surface area contributed by atoms with E-state index in [0.717, 1.165) is 32.0 Å². The summed E-state index contributed by atoms with van der Waals surface area (Å²) in [5, 5.41) is 11.1. The molecular weight excluding hydrogens is 352 g/mol. The number of nitrogens with zero attached hydrogens (tertiary/aromatic N) is 8. The Bertz CT molecular complexity index is 952. The molecule has 0 aromatic carbocycles. The first-order valence-electron chi connectivity index (χ1n) is 8.19. The number of hydrogen-bond acceptors (Lipinski definition) is 9. The number of piperazine rings is 1. The van der Waals surface area contributed by atoms with Gasteiger partial charge in [0, 0.05) is 37.8 Å². The van der Waals surface area contributed by atoms with Crippen LogP contribution in [0.1, 0.15) is 9.80 Å². The van der Waals surface area contributed by atoms with Crippen LogP contribution in [0.25, 0.3) is 11.2 Å². The third kappa shape index (κ3) is 3.14. The van der Waals surface area contributed by atoms with Gasteiger partial charge in [-0.25, -0.2) is 19.9 Å². The van der Waals surface area contributed by atoms with Gasteiger partial charge < -0.3 is 9.47 Å². The molecular formula is C16H16N8OS. The Balaban J connectivity index is 1.56. The van der Waals surface area contributed by atoms with E-state index in [2.05, 4.69) is 35.8 Å². The topological polar surface area (TPSA) is 104 Å². The van der Waals surface area contributed by atoms with Crippen molar-refractivity contribution in [2.75, 3.05) is 37.6 Å². The Morgan fingerprint density at radius 1 is 1.19 bits per heavy atom. The number of fused-ring (bicyclic) bond motifs is 1. The monoisotopic (exact) mass is 368 g/mol. The highest BCUT2D eigenvalue weighted by Gasteiger charge is 2.22. The van der Waals surface area contributed by atoms with Crippen LogP contribution in [0, 0.1) is 11.3 Å². The molecule has 10 heteroatoms. The summed E-state index contributed by atoms with van der Waals surface area (Å²) in [5.74, 6) is 0.705. The molecule has 1 fully saturated rings. The first-order chi connectivity index (χ1) is 12.8. The van der Waals surface area contributed by atoms with Gasteiger partial charge in [0.25, 0.3) is 0 Å². The number of nitriles is 1. The highest BCUT2D eigenvalue weighted by molar-refractivity contribution is 7.11. The second-order valence-corrected chi connectivity index (χ2v) is 6.82. The molecule has 1 saturated heterocycles. The molecule has 1 aliphatic rings. The number of hydrogen-bond donors (Lipinski definition) is 0. The largest absolute Gasteiger partial charge is 0.352 e. The Labute approximate surface area is 153 Å². The maximum absolute atomic E-state index is 12.3. The van der Waals surface area contributed by atoms with Crippen LogP contribution in [-0.4, -0.2) is 67.9 Å². The van der Waals surface area contributed by atoms with E-state index in [-0.39, 0.29) is 12.3 Å². The number of thiazole rings is 1. The molecule has 3 aromatic rings. The van der Waals surface area contributed by atoms with Crippen molar-refractivity contribution in [1.29, 1.82) is 5.26 Å². The molecule has 0 radical (unpaired) electrons. The third-order valence-electron chi connectivity index (χ3n) is 4.33. The number of anilines is 1. The van der Waals surface area contributed by atoms with Gasteiger partial charge in [-0.15, -0.1) is 11.3 Å². The summed E-state index contributed by atoms with van der Waals surface area (Å²) >= 11 is 1.33. The average Bonchev–Trinajstić information content (AvgIpc) is 3.33. The second-order valence-electron chi connectivity index (χ2n) is 5.92. The molecule has 0 bridgehead atoms. The molecule has 1 aliphatic heterocycles. The lowest BCUT2D eigenvalue weighted by atomic mass is 10.3. The van der Waals surface area contributed by atoms with Gasteiger partial charge in [-0.2, -0.15) is 5.26 Å². The van der Waals surface area contributed by atoms with E-state index in [1.165, 1.54) is 17.7 Å². The summed E-state index contributed by atoms with van der Waals surface area (Å²) < 4.78 is 1.73. The van der Waals surface area contributed by atoms with Crippen LogP contribution in [0.3, 0.4) is 0 Å². The van der Waals surface area contributed by atoms with Crippen molar-refractivity contribution in [1.82, 2.24) is 29.4 Å². The summed E-state index contributed by atoms with van der Waals surface area (Å²) in [6.07, 6.45) is 4.75. The second kappa shape index (κ2) is 7.15. The average molecular weight is 368 g/mol. The van der Waals surface area contributed by atoms with E-state index in [1.807, 2.05) is 0 Å². The maximum Gasteiger partial charge on any atom is 0.211 e. The number of carbonyl (C=O) groups excluding carboxylic acids is 1. The number of carbonyl (C=O) groups is 1. The third-order valence-corrected chi connectivity index (χ3v) is 5.15. The van der Waals surface area contributed by atoms with E-state index in [9.17, 15) is 4.79 Å². The molecule has 4 heterocycles. The van der Waals surface area contributed by atoms with Crippen molar-refractivity contribution in [3.8, 4) is 6.07 Å². The molecule has 3 aromatic heterocycles. The van der Waals surface area contributed by atoms with Crippen LogP contribution in [-0.2, 0) is 6.54 Å². The van der Waals surface area contributed by atoms with Gasteiger partial charge >= 0.3 is 0 Å². The normalized spacial score (nSPS) is 15.3. The standard InChI is InChI=1S/C16H16N8OS/c17-1-3-22-4-6-23(7-5-22)14-13-15(20-10-19-14)24(11-21-13)9-12(25)16-18-2-8-26-16/h2,8,10-11H,3-7,9H2. The van der Waals surface area contributed by atoms with E-state index >= 15 is 0 Å². The van der Waals surface area contributed by atoms with Crippen molar-refractivity contribution in [2.45, 2.75) is 6.54 Å². The number of rotatable bonds is 5. The van der Waals surface area contributed by atoms with Crippen LogP contribution < -0.4 is 4.90 Å². The lowest BCUT2D eigenvalue weighted by Crippen LogP contribution is -2.46. The Morgan fingerprint density at radius 3 is 2.77 bits per heavy atom. The van der Waals surface area contributed by atoms with Crippen LogP contribution >= 0.6 is 11.3 Å². The van der Waals surface area contributed by atoms with Gasteiger partial charge in [0.05, 0.1) is 25.5 Å². The molecule has 0 aliphatic carbocycles. The molecule has 0 atom stereocenters. The van der Waals surface area contributed by atoms with E-state index in [4.69, 9.17) is 5.26 Å². The maximum atomic E-state index is 12.3. The van der Waals surface area contributed by atoms with Crippen LogP contribution in [0.2, 0.25) is 0 Å². The molecule has 0 unspecified atom stereocenters. The summed E-state index contributed by atoms with van der Waals surface area (Å²) in [6, 6.07) is 2.18. The highest BCUT2D eigenvalue weighted by atomic mass is 32.1. The van der Waals surface area contributed by atoms with Crippen molar-refractivity contribution < 1.29 is 4.79 Å². The van der Waals surface area contributed by atoms with E-state index < -0.39 is 0 Å². The summed E-state index contributed by atoms with van der Waals surface area (Å²) in [7, 11) is 0. The van der Waals surface area contributed by atoms with Gasteiger partial charge in [0.2, 0.25) is 5.78 Å². The molecule has 4 rings (SSSR count). The molecule has 0 N–H and O–H groups in total. The first-order valence-corrected chi connectivity index (χ1v) is 9.07. The van der Waals surface area contributed by atoms with Crippen LogP contribution in [0.4, 0.5) is 5.82 Å². The molecule has 9 nitrogen and oxygen atoms in total. The van der Waals surface area contributed by atoms with Crippen LogP contribution in [0.15, 0.2) is 24.2 Å². The zero-order valence-electron chi connectivity index (χ0n) is 13.9. The Kier molecular flexibility index (Phi) is 4.55. The fourth-order valence-corrected chi connectivity index (χ4v) is 3.59. The first kappa shape index (κ1) is 16.6. The lowest BCUT2D eigenvalue weighted by molar-refractivity contribution is 0.0973. The van der Waals surface area contributed by atoms with Crippen molar-refractivity contribution in [3.05, 3.63) is 29.2 Å². The van der Waals surface area contributed by atoms with Gasteiger partial charge in [0.1, 0.15) is 6.33 Å². The quantitative estimate of drug-likeness (QED) is 0.481. The number of Topliss-reactive ketones (excluding diaryl/α,β-unsaturated/α-hetero) is 1. The van der Waals surface area contributed by atoms with Crippen molar-refractivity contribution in [3.63, 3.8) is 0 Å². The number of ketones is 1. The zero-order valence-corrected chi connectivity index (χ0v) is 14.8. The fraction of sp³-hybridized carbons (Fsp3) is 0.375. The predicted octanol–water partition coefficient (Wildman–Crippen LogP) is 0.811. The molecule has 0 amide bonds. The fourth-order valence-electron chi connectivity index (χ4n) is 3.02. The lowest BCUT2D eigenvalue weighted by Gasteiger charge is -2.34. The van der Waals surface area contributed by atoms with Gasteiger partial charge in [0.15, 0.2) is 22.0 Å². The number of imidazole rings is 1. The predicted molar refractivity (Wildman–Crippen MR) is 96.0 cm³/mol. The molecule has 132 valence electrons. The minimum absolute atomic E-state index is 0.0652. The van der Waals surface area contributed by atoms with E-state index in [1.54, 1.807) is 22.5 Å². The Morgan fingerprint density at radius 2 is 2.04 bits per heavy atom. The van der Waals surface area contributed by atoms with Crippen molar-refractivity contribution >= 4 is 34.1 Å². The molecule has 0 spiro atoms. The molecule has 0 saturated carbocycles. The highest BCUT2D eigenvalue weighted by Crippen LogP contribution is 2.23. The van der Waals surface area contributed by atoms with Crippen molar-refractivity contribution in [2.24, 2.45) is 0 Å². The minimum atomic E-state index is -0.0652. The number of aromatic nitrogens is 5. The van der Waals surface area contributed by atoms with Crippen LogP contribution in [0.5, 0.6) is 0 Å². The Hall–Kier alpha value is -2.90. The van der Waals surface area contributed by atoms with E-state index in [0.29, 0.717) is 22.7 Å². The smallest absolute Gasteiger partial charge is 0.211 e. The summed E-state index contributed by atoms with van der Waals surface area (Å²) in [5.41, 5.74) is 1.33. The van der Waals surface area contributed by atoms with Gasteiger partial charge in [-0.1, -0.05) is 0 Å². The zero-order chi connectivity index (χ0) is 17.9. The minimum Gasteiger partial charge on any atom is -0.352 e. The van der Waals surface area contributed by atoms with Gasteiger partial charge in [-0.05, 0) is 0 Å². The summed E-state index contributed by atoms with van der Waals surface area (Å²) in [4.78, 5) is 33.8. The van der Waals surface area contributed by atoms with Gasteiger partial charge in [-0.3, -0.25) is 9.69 Å². The SMILES string of the molecule is N#CCN1CCN(c2ncnc3c2ncn3CC(=O)c2nccs2)CC1. The molecule has 26 heavy (non-hydrogen) atoms.